The molecule has 5 rings (SSSR count). The third-order valence-electron chi connectivity index (χ3n) is 9.81. The number of ether oxygens (including phenoxy) is 2. The number of fused-ring (bicyclic) bond motifs is 2. The number of anilines is 1. The summed E-state index contributed by atoms with van der Waals surface area (Å²) in [6.45, 7) is 21.9. The summed E-state index contributed by atoms with van der Waals surface area (Å²) in [6, 6.07) is 8.23. The number of carbonyl (C=O) groups excluding carboxylic acids is 1. The van der Waals surface area contributed by atoms with Crippen LogP contribution in [0.4, 0.5) is 11.5 Å². The summed E-state index contributed by atoms with van der Waals surface area (Å²) >= 11 is 0. The molecule has 1 aromatic carbocycles. The van der Waals surface area contributed by atoms with Crippen LogP contribution in [0.1, 0.15) is 97.4 Å². The number of aromatic nitrogens is 1. The minimum absolute atomic E-state index is 0.105. The molecule has 0 radical (unpaired) electrons. The van der Waals surface area contributed by atoms with Gasteiger partial charge in [0.2, 0.25) is 0 Å². The van der Waals surface area contributed by atoms with Gasteiger partial charge in [0.05, 0.1) is 18.0 Å². The second kappa shape index (κ2) is 22.7. The van der Waals surface area contributed by atoms with Gasteiger partial charge in [-0.2, -0.15) is 5.10 Å². The van der Waals surface area contributed by atoms with Crippen LogP contribution in [-0.2, 0) is 4.79 Å². The molecule has 0 fully saturated rings. The zero-order chi connectivity index (χ0) is 41.4. The number of aryl methyl sites for hydroxylation is 2. The van der Waals surface area contributed by atoms with E-state index in [-0.39, 0.29) is 5.78 Å². The molecular weight excluding hydrogens is 701 g/mol. The average molecular weight is 769 g/mol. The largest absolute Gasteiger partial charge is 0.489 e. The van der Waals surface area contributed by atoms with E-state index in [4.69, 9.17) is 30.9 Å². The van der Waals surface area contributed by atoms with Crippen molar-refractivity contribution in [2.24, 2.45) is 33.4 Å². The summed E-state index contributed by atoms with van der Waals surface area (Å²) in [5.74, 6) is 4.43. The second-order valence-corrected chi connectivity index (χ2v) is 15.2. The molecule has 0 spiro atoms. The van der Waals surface area contributed by atoms with Crippen LogP contribution in [0.2, 0.25) is 0 Å². The van der Waals surface area contributed by atoms with Crippen molar-refractivity contribution in [3.8, 4) is 11.5 Å². The predicted octanol–water partition coefficient (Wildman–Crippen LogP) is 8.59. The number of rotatable bonds is 13. The third kappa shape index (κ3) is 13.8. The van der Waals surface area contributed by atoms with Crippen molar-refractivity contribution in [2.75, 3.05) is 45.2 Å². The fourth-order valence-corrected chi connectivity index (χ4v) is 5.90. The Morgan fingerprint density at radius 2 is 1.84 bits per heavy atom. The normalized spacial score (nSPS) is 18.2. The van der Waals surface area contributed by atoms with Crippen LogP contribution in [0, 0.1) is 25.7 Å². The van der Waals surface area contributed by atoms with Crippen molar-refractivity contribution >= 4 is 29.3 Å². The van der Waals surface area contributed by atoms with Gasteiger partial charge in [0.15, 0.2) is 17.4 Å². The van der Waals surface area contributed by atoms with Crippen LogP contribution in [0.25, 0.3) is 0 Å². The number of amidine groups is 1. The highest BCUT2D eigenvalue weighted by Crippen LogP contribution is 2.34. The number of carbonyl (C=O) groups is 1. The maximum atomic E-state index is 10.5. The van der Waals surface area contributed by atoms with Gasteiger partial charge < -0.3 is 30.7 Å². The van der Waals surface area contributed by atoms with Gasteiger partial charge in [0, 0.05) is 49.5 Å². The summed E-state index contributed by atoms with van der Waals surface area (Å²) in [6.07, 6.45) is 17.2. The number of hydrogen-bond donors (Lipinski definition) is 2. The first-order valence-corrected chi connectivity index (χ1v) is 20.2. The van der Waals surface area contributed by atoms with E-state index >= 15 is 0 Å². The van der Waals surface area contributed by atoms with Crippen LogP contribution in [0.15, 0.2) is 81.9 Å². The lowest BCUT2D eigenvalue weighted by Gasteiger charge is -2.28. The van der Waals surface area contributed by atoms with Crippen molar-refractivity contribution in [1.82, 2.24) is 14.9 Å². The Balaban J connectivity index is 0.000000475. The van der Waals surface area contributed by atoms with Gasteiger partial charge in [-0.25, -0.2) is 15.0 Å². The number of ketones is 1. The van der Waals surface area contributed by atoms with Gasteiger partial charge in [-0.3, -0.25) is 4.79 Å². The van der Waals surface area contributed by atoms with Crippen LogP contribution < -0.4 is 25.8 Å². The first-order chi connectivity index (χ1) is 26.7. The maximum absolute atomic E-state index is 10.5. The minimum atomic E-state index is 0.105. The number of likely N-dealkylation sites (N-methyl/N-ethyl adjacent to an activating group) is 1. The molecule has 4 heterocycles. The molecule has 3 unspecified atom stereocenters. The number of aliphatic imine (C=N–C) groups is 1. The average Bonchev–Trinajstić information content (AvgIpc) is 3.31. The summed E-state index contributed by atoms with van der Waals surface area (Å²) in [7, 11) is 3.96. The Hall–Kier alpha value is -4.74. The first-order valence-electron chi connectivity index (χ1n) is 20.2. The van der Waals surface area contributed by atoms with Crippen LogP contribution >= 0.6 is 0 Å². The molecule has 0 saturated carbocycles. The quantitative estimate of drug-likeness (QED) is 0.0889. The number of allylic oxidation sites excluding steroid dienone is 4. The highest BCUT2D eigenvalue weighted by atomic mass is 16.5. The molecule has 3 atom stereocenters. The first kappa shape index (κ1) is 45.6. The summed E-state index contributed by atoms with van der Waals surface area (Å²) < 4.78 is 12.4. The number of hydrogen-bond acceptors (Lipinski definition) is 10. The van der Waals surface area contributed by atoms with E-state index in [0.717, 1.165) is 71.6 Å². The fourth-order valence-electron chi connectivity index (χ4n) is 5.90. The minimum Gasteiger partial charge on any atom is -0.489 e. The lowest BCUT2D eigenvalue weighted by molar-refractivity contribution is -0.112. The van der Waals surface area contributed by atoms with Crippen molar-refractivity contribution in [2.45, 2.75) is 100 Å². The summed E-state index contributed by atoms with van der Waals surface area (Å²) in [5, 5.41) is 6.37. The number of pyridine rings is 1. The van der Waals surface area contributed by atoms with E-state index in [0.29, 0.717) is 36.0 Å². The second-order valence-electron chi connectivity index (χ2n) is 15.2. The van der Waals surface area contributed by atoms with Crippen LogP contribution in [-0.4, -0.2) is 79.1 Å². The van der Waals surface area contributed by atoms with Gasteiger partial charge in [0.25, 0.3) is 0 Å². The van der Waals surface area contributed by atoms with E-state index < -0.39 is 0 Å². The topological polar surface area (TPSA) is 135 Å². The maximum Gasteiger partial charge on any atom is 0.172 e. The third-order valence-corrected chi connectivity index (χ3v) is 9.81. The van der Waals surface area contributed by atoms with E-state index in [1.165, 1.54) is 31.3 Å². The fraction of sp³-hybridized carbons (Fsp3) is 0.511. The molecular formula is C45H68N8O3. The SMILES string of the molecule is CC(=O)/C=C/C(C)N(C)C.CCCCCN1CC(C)COc2cc(C)c(C(N)=Nc3ccc(OC4=CC5=C(C)C(C)C=NN5C=C4)c(C)c3)nc21.CCCCN. The summed E-state index contributed by atoms with van der Waals surface area (Å²) in [5.41, 5.74) is 17.4. The van der Waals surface area contributed by atoms with Crippen molar-refractivity contribution in [1.29, 1.82) is 0 Å². The molecule has 0 aliphatic carbocycles. The van der Waals surface area contributed by atoms with Gasteiger partial charge in [0.1, 0.15) is 23.0 Å². The molecule has 0 saturated heterocycles. The number of nitrogens with two attached hydrogens (primary N) is 2. The van der Waals surface area contributed by atoms with Crippen LogP contribution in [0.5, 0.6) is 11.5 Å². The molecule has 11 nitrogen and oxygen atoms in total. The molecule has 1 aromatic heterocycles. The number of hydrazone groups is 1. The Morgan fingerprint density at radius 1 is 1.11 bits per heavy atom. The molecule has 3 aliphatic rings. The molecule has 0 bridgehead atoms. The number of benzene rings is 1. The Labute approximate surface area is 336 Å². The lowest BCUT2D eigenvalue weighted by Crippen LogP contribution is -2.30. The van der Waals surface area contributed by atoms with E-state index in [2.05, 4.69) is 50.7 Å². The molecule has 306 valence electrons. The van der Waals surface area contributed by atoms with Crippen molar-refractivity contribution < 1.29 is 14.3 Å². The molecule has 3 aliphatic heterocycles. The predicted molar refractivity (Wildman–Crippen MR) is 234 cm³/mol. The molecule has 2 aromatic rings. The Morgan fingerprint density at radius 3 is 2.46 bits per heavy atom. The molecule has 0 amide bonds. The zero-order valence-corrected chi connectivity index (χ0v) is 35.9. The van der Waals surface area contributed by atoms with E-state index in [1.807, 2.05) is 93.6 Å². The molecule has 56 heavy (non-hydrogen) atoms. The smallest absolute Gasteiger partial charge is 0.172 e. The zero-order valence-electron chi connectivity index (χ0n) is 35.9. The molecule has 4 N–H and O–H groups in total. The number of nitrogens with zero attached hydrogens (tertiary/aromatic N) is 6. The Kier molecular flexibility index (Phi) is 18.5. The monoisotopic (exact) mass is 769 g/mol. The van der Waals surface area contributed by atoms with Crippen LogP contribution in [0.3, 0.4) is 0 Å². The van der Waals surface area contributed by atoms with Gasteiger partial charge in [-0.15, -0.1) is 0 Å². The highest BCUT2D eigenvalue weighted by molar-refractivity contribution is 5.99. The molecule has 11 heteroatoms. The standard InChI is InChI=1S/C33H42N6O2.C8H15NO.C4H11N/c1-7-8-9-13-38-19-21(2)20-40-30-16-23(4)31(37-33(30)38)32(34)36-26-10-11-29(22(3)15-26)41-27-12-14-39-28(17-27)25(6)24(5)18-35-39;1-7(9(3)4)5-6-8(2)10;1-2-3-4-5/h10-12,14-18,21,24H,7-9,13,19-20H2,1-6H3,(H2,34,36);5-7H,1-4H3;2-5H2,1H3/b;6-5+;. The van der Waals surface area contributed by atoms with Crippen molar-refractivity contribution in [3.05, 3.63) is 88.6 Å². The van der Waals surface area contributed by atoms with E-state index in [9.17, 15) is 4.79 Å². The van der Waals surface area contributed by atoms with Gasteiger partial charge >= 0.3 is 0 Å². The number of unbranched alkanes of at least 4 members (excludes halogenated alkanes) is 3. The Bertz CT molecular complexity index is 1790. The van der Waals surface area contributed by atoms with Gasteiger partial charge in [-0.1, -0.05) is 53.0 Å². The highest BCUT2D eigenvalue weighted by Gasteiger charge is 2.24. The van der Waals surface area contributed by atoms with Crippen molar-refractivity contribution in [3.63, 3.8) is 0 Å². The lowest BCUT2D eigenvalue weighted by atomic mass is 9.99. The van der Waals surface area contributed by atoms with Gasteiger partial charge in [-0.05, 0) is 121 Å². The van der Waals surface area contributed by atoms with E-state index in [1.54, 1.807) is 13.0 Å². The summed E-state index contributed by atoms with van der Waals surface area (Å²) in [4.78, 5) is 24.6.